The number of amides is 1. The fourth-order valence-corrected chi connectivity index (χ4v) is 2.94. The zero-order valence-corrected chi connectivity index (χ0v) is 7.83. The maximum atomic E-state index is 11.6. The molecule has 3 rings (SSSR count). The second-order valence-electron chi connectivity index (χ2n) is 4.64. The molecule has 1 heterocycles. The lowest BCUT2D eigenvalue weighted by Crippen LogP contribution is -2.52. The van der Waals surface area contributed by atoms with E-state index in [1.54, 1.807) is 0 Å². The van der Waals surface area contributed by atoms with Gasteiger partial charge in [-0.3, -0.25) is 4.79 Å². The van der Waals surface area contributed by atoms with Crippen LogP contribution in [-0.2, 0) is 4.79 Å². The predicted molar refractivity (Wildman–Crippen MR) is 49.2 cm³/mol. The average Bonchev–Trinajstić information content (AvgIpc) is 2.75. The SMILES string of the molecule is O=C1CNCCN1C1C[C@@H]2C[C@H]2C1. The second kappa shape index (κ2) is 2.71. The van der Waals surface area contributed by atoms with Gasteiger partial charge < -0.3 is 10.2 Å². The topological polar surface area (TPSA) is 32.3 Å². The number of hydrogen-bond donors (Lipinski definition) is 1. The van der Waals surface area contributed by atoms with Gasteiger partial charge in [0, 0.05) is 19.1 Å². The van der Waals surface area contributed by atoms with Crippen molar-refractivity contribution in [3.8, 4) is 0 Å². The molecule has 3 fully saturated rings. The number of carbonyl (C=O) groups excluding carboxylic acids is 1. The summed E-state index contributed by atoms with van der Waals surface area (Å²) < 4.78 is 0. The number of nitrogens with one attached hydrogen (secondary N) is 1. The fraction of sp³-hybridized carbons (Fsp3) is 0.900. The van der Waals surface area contributed by atoms with Gasteiger partial charge in [0.05, 0.1) is 6.54 Å². The lowest BCUT2D eigenvalue weighted by Gasteiger charge is -2.33. The minimum atomic E-state index is 0.317. The number of piperazine rings is 1. The van der Waals surface area contributed by atoms with E-state index in [9.17, 15) is 4.79 Å². The number of nitrogens with zero attached hydrogens (tertiary/aromatic N) is 1. The minimum absolute atomic E-state index is 0.317. The Morgan fingerprint density at radius 2 is 2.00 bits per heavy atom. The summed E-state index contributed by atoms with van der Waals surface area (Å²) in [6.07, 6.45) is 4.02. The molecule has 0 unspecified atom stereocenters. The van der Waals surface area contributed by atoms with Gasteiger partial charge >= 0.3 is 0 Å². The van der Waals surface area contributed by atoms with Crippen molar-refractivity contribution in [1.29, 1.82) is 0 Å². The molecule has 0 aromatic carbocycles. The van der Waals surface area contributed by atoms with Crippen molar-refractivity contribution in [2.24, 2.45) is 11.8 Å². The Bertz CT molecular complexity index is 231. The van der Waals surface area contributed by atoms with E-state index in [-0.39, 0.29) is 0 Å². The van der Waals surface area contributed by atoms with Gasteiger partial charge in [-0.2, -0.15) is 0 Å². The third kappa shape index (κ3) is 1.26. The molecule has 0 aromatic rings. The maximum absolute atomic E-state index is 11.6. The highest BCUT2D eigenvalue weighted by Crippen LogP contribution is 2.53. The van der Waals surface area contributed by atoms with Crippen molar-refractivity contribution in [2.75, 3.05) is 19.6 Å². The maximum Gasteiger partial charge on any atom is 0.236 e. The Balaban J connectivity index is 1.66. The standard InChI is InChI=1S/C10H16N2O/c13-10-6-11-1-2-12(10)9-4-7-3-8(7)5-9/h7-9,11H,1-6H2/t7-,8-/m0/s1. The van der Waals surface area contributed by atoms with Crippen molar-refractivity contribution >= 4 is 5.91 Å². The zero-order chi connectivity index (χ0) is 8.84. The molecule has 0 bridgehead atoms. The lowest BCUT2D eigenvalue weighted by molar-refractivity contribution is -0.134. The molecule has 13 heavy (non-hydrogen) atoms. The molecule has 1 N–H and O–H groups in total. The summed E-state index contributed by atoms with van der Waals surface area (Å²) in [6.45, 7) is 2.48. The Morgan fingerprint density at radius 3 is 2.69 bits per heavy atom. The van der Waals surface area contributed by atoms with E-state index in [0.29, 0.717) is 18.5 Å². The summed E-state index contributed by atoms with van der Waals surface area (Å²) >= 11 is 0. The van der Waals surface area contributed by atoms with E-state index in [2.05, 4.69) is 10.2 Å². The van der Waals surface area contributed by atoms with E-state index in [1.165, 1.54) is 19.3 Å². The molecule has 0 spiro atoms. The van der Waals surface area contributed by atoms with Crippen LogP contribution in [0.3, 0.4) is 0 Å². The van der Waals surface area contributed by atoms with Crippen molar-refractivity contribution in [1.82, 2.24) is 10.2 Å². The molecule has 1 saturated heterocycles. The predicted octanol–water partition coefficient (Wildman–Crippen LogP) is 0.217. The number of rotatable bonds is 1. The molecular weight excluding hydrogens is 164 g/mol. The average molecular weight is 180 g/mol. The molecule has 3 heteroatoms. The quantitative estimate of drug-likeness (QED) is 0.626. The van der Waals surface area contributed by atoms with Gasteiger partial charge in [0.15, 0.2) is 0 Å². The normalized spacial score (nSPS) is 39.4. The Morgan fingerprint density at radius 1 is 1.23 bits per heavy atom. The number of fused-ring (bicyclic) bond motifs is 1. The highest BCUT2D eigenvalue weighted by molar-refractivity contribution is 5.79. The Hall–Kier alpha value is -0.570. The molecule has 0 aromatic heterocycles. The van der Waals surface area contributed by atoms with Gasteiger partial charge in [-0.25, -0.2) is 0 Å². The highest BCUT2D eigenvalue weighted by Gasteiger charge is 2.48. The lowest BCUT2D eigenvalue weighted by atomic mass is 10.1. The first-order chi connectivity index (χ1) is 6.34. The molecule has 2 saturated carbocycles. The Labute approximate surface area is 78.5 Å². The molecule has 1 aliphatic heterocycles. The first kappa shape index (κ1) is 7.80. The van der Waals surface area contributed by atoms with Crippen molar-refractivity contribution in [3.05, 3.63) is 0 Å². The number of carbonyl (C=O) groups is 1. The summed E-state index contributed by atoms with van der Waals surface area (Å²) in [4.78, 5) is 13.7. The van der Waals surface area contributed by atoms with Crippen molar-refractivity contribution in [3.63, 3.8) is 0 Å². The third-order valence-corrected chi connectivity index (χ3v) is 3.79. The molecular formula is C10H16N2O. The van der Waals surface area contributed by atoms with E-state index < -0.39 is 0 Å². The van der Waals surface area contributed by atoms with Gasteiger partial charge in [-0.05, 0) is 31.1 Å². The van der Waals surface area contributed by atoms with Gasteiger partial charge in [-0.1, -0.05) is 0 Å². The van der Waals surface area contributed by atoms with Gasteiger partial charge in [0.25, 0.3) is 0 Å². The van der Waals surface area contributed by atoms with E-state index in [1.807, 2.05) is 0 Å². The van der Waals surface area contributed by atoms with Crippen LogP contribution in [0.1, 0.15) is 19.3 Å². The van der Waals surface area contributed by atoms with Crippen LogP contribution < -0.4 is 5.32 Å². The molecule has 3 aliphatic rings. The summed E-state index contributed by atoms with van der Waals surface area (Å²) in [5.41, 5.74) is 0. The summed E-state index contributed by atoms with van der Waals surface area (Å²) in [5.74, 6) is 2.28. The van der Waals surface area contributed by atoms with Crippen LogP contribution in [0.2, 0.25) is 0 Å². The van der Waals surface area contributed by atoms with Crippen LogP contribution in [0, 0.1) is 11.8 Å². The molecule has 1 amide bonds. The van der Waals surface area contributed by atoms with E-state index in [4.69, 9.17) is 0 Å². The van der Waals surface area contributed by atoms with Crippen LogP contribution in [-0.4, -0.2) is 36.5 Å². The van der Waals surface area contributed by atoms with Crippen molar-refractivity contribution < 1.29 is 4.79 Å². The molecule has 2 aliphatic carbocycles. The molecule has 72 valence electrons. The number of hydrogen-bond acceptors (Lipinski definition) is 2. The summed E-state index contributed by atoms with van der Waals surface area (Å²) in [5, 5.41) is 3.12. The second-order valence-corrected chi connectivity index (χ2v) is 4.64. The van der Waals surface area contributed by atoms with Crippen molar-refractivity contribution in [2.45, 2.75) is 25.3 Å². The van der Waals surface area contributed by atoms with Gasteiger partial charge in [0.1, 0.15) is 0 Å². The first-order valence-electron chi connectivity index (χ1n) is 5.35. The van der Waals surface area contributed by atoms with Crippen LogP contribution in [0.5, 0.6) is 0 Å². The van der Waals surface area contributed by atoms with Crippen LogP contribution in [0.4, 0.5) is 0 Å². The smallest absolute Gasteiger partial charge is 0.236 e. The van der Waals surface area contributed by atoms with Crippen LogP contribution in [0.15, 0.2) is 0 Å². The van der Waals surface area contributed by atoms with Gasteiger partial charge in [0.2, 0.25) is 5.91 Å². The summed E-state index contributed by atoms with van der Waals surface area (Å²) in [7, 11) is 0. The minimum Gasteiger partial charge on any atom is -0.337 e. The molecule has 0 radical (unpaired) electrons. The van der Waals surface area contributed by atoms with Crippen LogP contribution >= 0.6 is 0 Å². The molecule has 3 nitrogen and oxygen atoms in total. The van der Waals surface area contributed by atoms with E-state index in [0.717, 1.165) is 24.9 Å². The third-order valence-electron chi connectivity index (χ3n) is 3.79. The largest absolute Gasteiger partial charge is 0.337 e. The Kier molecular flexibility index (Phi) is 1.62. The van der Waals surface area contributed by atoms with Crippen LogP contribution in [0.25, 0.3) is 0 Å². The summed E-state index contributed by atoms with van der Waals surface area (Å²) in [6, 6.07) is 0.596. The van der Waals surface area contributed by atoms with Gasteiger partial charge in [-0.15, -0.1) is 0 Å². The fourth-order valence-electron chi connectivity index (χ4n) is 2.94. The highest BCUT2D eigenvalue weighted by atomic mass is 16.2. The van der Waals surface area contributed by atoms with E-state index >= 15 is 0 Å². The zero-order valence-electron chi connectivity index (χ0n) is 7.83. The monoisotopic (exact) mass is 180 g/mol. The first-order valence-corrected chi connectivity index (χ1v) is 5.35. The molecule has 2 atom stereocenters.